The van der Waals surface area contributed by atoms with Gasteiger partial charge >= 0.3 is 0 Å². The lowest BCUT2D eigenvalue weighted by Crippen LogP contribution is -2.06. The molecule has 0 aliphatic heterocycles. The summed E-state index contributed by atoms with van der Waals surface area (Å²) in [4.78, 5) is 24.3. The van der Waals surface area contributed by atoms with Gasteiger partial charge < -0.3 is 0 Å². The van der Waals surface area contributed by atoms with Crippen LogP contribution in [0, 0.1) is 11.8 Å². The Bertz CT molecular complexity index is 1170. The highest BCUT2D eigenvalue weighted by Crippen LogP contribution is 2.28. The average Bonchev–Trinajstić information content (AvgIpc) is 2.88. The van der Waals surface area contributed by atoms with Crippen LogP contribution in [0.1, 0.15) is 48.4 Å². The number of hydrogen-bond acceptors (Lipinski definition) is 2. The van der Waals surface area contributed by atoms with Gasteiger partial charge in [-0.2, -0.15) is 0 Å². The fourth-order valence-corrected chi connectivity index (χ4v) is 4.03. The second-order valence-electron chi connectivity index (χ2n) is 9.35. The van der Waals surface area contributed by atoms with Crippen LogP contribution in [-0.2, 0) is 0 Å². The summed E-state index contributed by atoms with van der Waals surface area (Å²) in [6.07, 6.45) is 0. The molecule has 0 aromatic heterocycles. The van der Waals surface area contributed by atoms with Crippen LogP contribution in [0.5, 0.6) is 0 Å². The summed E-state index contributed by atoms with van der Waals surface area (Å²) in [5.41, 5.74) is 8.27. The Balaban J connectivity index is 1.48. The zero-order valence-corrected chi connectivity index (χ0v) is 20.2. The summed E-state index contributed by atoms with van der Waals surface area (Å²) in [5.74, 6) is 0.352. The maximum absolute atomic E-state index is 12.2. The summed E-state index contributed by atoms with van der Waals surface area (Å²) >= 11 is 0. The summed E-state index contributed by atoms with van der Waals surface area (Å²) < 4.78 is 0. The van der Waals surface area contributed by atoms with E-state index in [4.69, 9.17) is 0 Å². The van der Waals surface area contributed by atoms with Gasteiger partial charge in [0.1, 0.15) is 0 Å². The molecule has 170 valence electrons. The van der Waals surface area contributed by atoms with E-state index < -0.39 is 0 Å². The molecule has 0 aliphatic carbocycles. The van der Waals surface area contributed by atoms with Gasteiger partial charge in [-0.1, -0.05) is 125 Å². The van der Waals surface area contributed by atoms with Gasteiger partial charge in [0.2, 0.25) is 0 Å². The van der Waals surface area contributed by atoms with Crippen LogP contribution in [0.2, 0.25) is 0 Å². The first-order valence-electron chi connectivity index (χ1n) is 11.8. The molecule has 0 saturated carbocycles. The lowest BCUT2D eigenvalue weighted by Gasteiger charge is -2.09. The van der Waals surface area contributed by atoms with E-state index in [1.54, 1.807) is 0 Å². The normalized spacial score (nSPS) is 11.1. The van der Waals surface area contributed by atoms with Crippen molar-refractivity contribution in [3.63, 3.8) is 0 Å². The number of carbonyl (C=O) groups excluding carboxylic acids is 2. The largest absolute Gasteiger partial charge is 0.294 e. The van der Waals surface area contributed by atoms with E-state index >= 15 is 0 Å². The Hall–Kier alpha value is -3.78. The van der Waals surface area contributed by atoms with Gasteiger partial charge in [0.15, 0.2) is 11.6 Å². The lowest BCUT2D eigenvalue weighted by molar-refractivity contribution is 0.0932. The Morgan fingerprint density at radius 2 is 0.559 bits per heavy atom. The molecule has 0 amide bonds. The van der Waals surface area contributed by atoms with Gasteiger partial charge in [0, 0.05) is 23.0 Å². The Morgan fingerprint density at radius 1 is 0.382 bits per heavy atom. The molecule has 0 aliphatic rings. The van der Waals surface area contributed by atoms with Crippen molar-refractivity contribution in [1.82, 2.24) is 0 Å². The van der Waals surface area contributed by atoms with Crippen molar-refractivity contribution in [2.24, 2.45) is 11.8 Å². The van der Waals surface area contributed by atoms with Crippen LogP contribution < -0.4 is 0 Å². The van der Waals surface area contributed by atoms with Crippen molar-refractivity contribution in [2.75, 3.05) is 0 Å². The maximum atomic E-state index is 12.2. The van der Waals surface area contributed by atoms with Crippen molar-refractivity contribution in [3.05, 3.63) is 108 Å². The Labute approximate surface area is 202 Å². The second kappa shape index (κ2) is 10.0. The quantitative estimate of drug-likeness (QED) is 0.267. The molecule has 0 bridgehead atoms. The van der Waals surface area contributed by atoms with Crippen molar-refractivity contribution < 1.29 is 9.59 Å². The van der Waals surface area contributed by atoms with Crippen molar-refractivity contribution in [2.45, 2.75) is 27.7 Å². The molecular formula is C32H30O2. The van der Waals surface area contributed by atoms with Gasteiger partial charge in [-0.15, -0.1) is 0 Å². The van der Waals surface area contributed by atoms with Crippen LogP contribution in [0.4, 0.5) is 0 Å². The van der Waals surface area contributed by atoms with E-state index in [1.807, 2.05) is 76.2 Å². The van der Waals surface area contributed by atoms with Crippen LogP contribution in [-0.4, -0.2) is 11.6 Å². The van der Waals surface area contributed by atoms with Crippen LogP contribution in [0.3, 0.4) is 0 Å². The SMILES string of the molecule is CC(C)C(=O)c1ccc(-c2ccc(-c3ccc(-c4ccc(C(=O)C(C)C)cc4)cc3)cc2)cc1. The zero-order valence-electron chi connectivity index (χ0n) is 20.2. The predicted molar refractivity (Wildman–Crippen MR) is 141 cm³/mol. The second-order valence-corrected chi connectivity index (χ2v) is 9.35. The van der Waals surface area contributed by atoms with E-state index in [1.165, 1.54) is 0 Å². The van der Waals surface area contributed by atoms with E-state index in [-0.39, 0.29) is 23.4 Å². The molecule has 0 spiro atoms. The van der Waals surface area contributed by atoms with Crippen LogP contribution >= 0.6 is 0 Å². The van der Waals surface area contributed by atoms with Gasteiger partial charge in [-0.3, -0.25) is 9.59 Å². The third-order valence-corrected chi connectivity index (χ3v) is 6.16. The topological polar surface area (TPSA) is 34.1 Å². The molecule has 0 atom stereocenters. The minimum atomic E-state index is 0.00459. The summed E-state index contributed by atoms with van der Waals surface area (Å²) in [6.45, 7) is 7.70. The molecule has 0 N–H and O–H groups in total. The number of Topliss-reactive ketones (excluding diaryl/α,β-unsaturated/α-hetero) is 2. The molecule has 2 heteroatoms. The van der Waals surface area contributed by atoms with E-state index in [2.05, 4.69) is 48.5 Å². The molecule has 0 fully saturated rings. The first kappa shape index (κ1) is 23.4. The molecule has 0 heterocycles. The predicted octanol–water partition coefficient (Wildman–Crippen LogP) is 8.37. The molecule has 0 unspecified atom stereocenters. The van der Waals surface area contributed by atoms with E-state index in [9.17, 15) is 9.59 Å². The van der Waals surface area contributed by atoms with Crippen LogP contribution in [0.25, 0.3) is 33.4 Å². The van der Waals surface area contributed by atoms with Gasteiger partial charge in [0.25, 0.3) is 0 Å². The van der Waals surface area contributed by atoms with E-state index in [0.717, 1.165) is 44.5 Å². The highest BCUT2D eigenvalue weighted by molar-refractivity contribution is 5.98. The average molecular weight is 447 g/mol. The van der Waals surface area contributed by atoms with Gasteiger partial charge in [-0.25, -0.2) is 0 Å². The number of rotatable bonds is 7. The Morgan fingerprint density at radius 3 is 0.735 bits per heavy atom. The molecule has 0 radical (unpaired) electrons. The minimum Gasteiger partial charge on any atom is -0.294 e. The first-order chi connectivity index (χ1) is 16.3. The number of carbonyl (C=O) groups is 2. The zero-order chi connectivity index (χ0) is 24.2. The van der Waals surface area contributed by atoms with Crippen molar-refractivity contribution >= 4 is 11.6 Å². The summed E-state index contributed by atoms with van der Waals surface area (Å²) in [6, 6.07) is 32.7. The first-order valence-corrected chi connectivity index (χ1v) is 11.8. The fourth-order valence-electron chi connectivity index (χ4n) is 4.03. The third kappa shape index (κ3) is 5.07. The van der Waals surface area contributed by atoms with E-state index in [0.29, 0.717) is 0 Å². The van der Waals surface area contributed by atoms with Crippen LogP contribution in [0.15, 0.2) is 97.1 Å². The molecule has 34 heavy (non-hydrogen) atoms. The summed E-state index contributed by atoms with van der Waals surface area (Å²) in [7, 11) is 0. The minimum absolute atomic E-state index is 0.00459. The maximum Gasteiger partial charge on any atom is 0.165 e. The van der Waals surface area contributed by atoms with Gasteiger partial charge in [-0.05, 0) is 33.4 Å². The number of ketones is 2. The molecule has 0 saturated heterocycles. The number of hydrogen-bond donors (Lipinski definition) is 0. The molecular weight excluding hydrogens is 416 g/mol. The molecule has 2 nitrogen and oxygen atoms in total. The molecule has 4 aromatic carbocycles. The van der Waals surface area contributed by atoms with Crippen molar-refractivity contribution in [1.29, 1.82) is 0 Å². The molecule has 4 aromatic rings. The highest BCUT2D eigenvalue weighted by atomic mass is 16.1. The fraction of sp³-hybridized carbons (Fsp3) is 0.188. The Kier molecular flexibility index (Phi) is 6.88. The molecule has 4 rings (SSSR count). The highest BCUT2D eigenvalue weighted by Gasteiger charge is 2.11. The van der Waals surface area contributed by atoms with Crippen molar-refractivity contribution in [3.8, 4) is 33.4 Å². The monoisotopic (exact) mass is 446 g/mol. The summed E-state index contributed by atoms with van der Waals surface area (Å²) in [5, 5.41) is 0. The smallest absolute Gasteiger partial charge is 0.165 e. The number of benzene rings is 4. The standard InChI is InChI=1S/C32H30O2/c1-21(2)31(33)29-17-13-27(14-18-29)25-9-5-23(6-10-25)24-7-11-26(12-8-24)28-15-19-30(20-16-28)32(34)22(3)4/h5-22H,1-4H3. The van der Waals surface area contributed by atoms with Gasteiger partial charge in [0.05, 0.1) is 0 Å². The lowest BCUT2D eigenvalue weighted by atomic mass is 9.95. The third-order valence-electron chi connectivity index (χ3n) is 6.16.